The highest BCUT2D eigenvalue weighted by atomic mass is 16.4. The van der Waals surface area contributed by atoms with E-state index in [2.05, 4.69) is 12.2 Å². The molecule has 0 heterocycles. The summed E-state index contributed by atoms with van der Waals surface area (Å²) in [5.41, 5.74) is 0. The second-order valence-corrected chi connectivity index (χ2v) is 6.57. The van der Waals surface area contributed by atoms with E-state index in [9.17, 15) is 9.59 Å². The first-order chi connectivity index (χ1) is 10.2. The minimum Gasteiger partial charge on any atom is -0.480 e. The number of nitrogens with one attached hydrogen (secondary N) is 2. The van der Waals surface area contributed by atoms with Crippen LogP contribution in [-0.2, 0) is 9.59 Å². The van der Waals surface area contributed by atoms with Crippen molar-refractivity contribution in [2.24, 2.45) is 0 Å². The van der Waals surface area contributed by atoms with Crippen molar-refractivity contribution in [3.63, 3.8) is 0 Å². The largest absolute Gasteiger partial charge is 0.480 e. The Balaban J connectivity index is 4.20. The van der Waals surface area contributed by atoms with Crippen LogP contribution < -0.4 is 5.32 Å². The molecule has 0 fully saturated rings. The molecular formula is C13H28B3N3O3. The monoisotopic (exact) mass is 307 g/mol. The molecule has 0 radical (unpaired) electrons. The molecule has 122 valence electrons. The summed E-state index contributed by atoms with van der Waals surface area (Å²) in [6.07, 6.45) is 6.95. The molecule has 0 aliphatic rings. The molecule has 22 heavy (non-hydrogen) atoms. The average Bonchev–Trinajstić information content (AvgIpc) is 2.38. The number of guanidine groups is 1. The zero-order valence-electron chi connectivity index (χ0n) is 14.4. The van der Waals surface area contributed by atoms with E-state index >= 15 is 0 Å². The Labute approximate surface area is 136 Å². The average molecular weight is 307 g/mol. The third-order valence-corrected chi connectivity index (χ3v) is 3.39. The molecular weight excluding hydrogens is 279 g/mol. The summed E-state index contributed by atoms with van der Waals surface area (Å²) < 4.78 is 0. The van der Waals surface area contributed by atoms with Crippen molar-refractivity contribution in [1.82, 2.24) is 10.2 Å². The molecule has 0 rings (SSSR count). The SMILES string of the molecule is BC(B)(B)N(CC(=O)O)C(=N)NC(=O)CCCCCCCC. The number of rotatable bonds is 10. The Kier molecular flexibility index (Phi) is 9.69. The first kappa shape index (κ1) is 20.6. The van der Waals surface area contributed by atoms with E-state index in [1.165, 1.54) is 24.2 Å². The lowest BCUT2D eigenvalue weighted by Crippen LogP contribution is -2.59. The summed E-state index contributed by atoms with van der Waals surface area (Å²) >= 11 is 0. The van der Waals surface area contributed by atoms with Gasteiger partial charge in [0.25, 0.3) is 0 Å². The molecule has 0 unspecified atom stereocenters. The summed E-state index contributed by atoms with van der Waals surface area (Å²) in [4.78, 5) is 24.1. The van der Waals surface area contributed by atoms with Gasteiger partial charge in [-0.15, -0.1) is 0 Å². The molecule has 9 heteroatoms. The molecule has 0 saturated heterocycles. The minimum atomic E-state index is -1.02. The molecule has 0 aromatic carbocycles. The maximum Gasteiger partial charge on any atom is 0.323 e. The Hall–Kier alpha value is -1.40. The van der Waals surface area contributed by atoms with Crippen LogP contribution in [0.1, 0.15) is 51.9 Å². The van der Waals surface area contributed by atoms with Crippen molar-refractivity contribution in [2.45, 2.75) is 57.1 Å². The number of carboxylic acids is 1. The van der Waals surface area contributed by atoms with E-state index in [0.717, 1.165) is 19.3 Å². The number of unbranched alkanes of at least 4 members (excludes halogenated alkanes) is 5. The molecule has 0 bridgehead atoms. The molecule has 0 saturated carbocycles. The van der Waals surface area contributed by atoms with Crippen LogP contribution in [0.5, 0.6) is 0 Å². The third-order valence-electron chi connectivity index (χ3n) is 3.39. The van der Waals surface area contributed by atoms with Crippen LogP contribution in [0.25, 0.3) is 0 Å². The van der Waals surface area contributed by atoms with E-state index < -0.39 is 11.2 Å². The molecule has 0 aromatic rings. The van der Waals surface area contributed by atoms with Gasteiger partial charge in [-0.1, -0.05) is 39.0 Å². The molecule has 3 N–H and O–H groups in total. The summed E-state index contributed by atoms with van der Waals surface area (Å²) in [5, 5.41) is 18.8. The molecule has 1 amide bonds. The van der Waals surface area contributed by atoms with Gasteiger partial charge < -0.3 is 10.0 Å². The summed E-state index contributed by atoms with van der Waals surface area (Å²) in [7, 11) is 5.43. The van der Waals surface area contributed by atoms with E-state index in [-0.39, 0.29) is 18.4 Å². The molecule has 0 aromatic heterocycles. The van der Waals surface area contributed by atoms with Crippen molar-refractivity contribution >= 4 is 41.4 Å². The number of hydrogen-bond acceptors (Lipinski definition) is 3. The third kappa shape index (κ3) is 9.52. The minimum absolute atomic E-state index is 0.147. The standard InChI is InChI=1S/C13H28B3N3O3/c1-2-3-4-5-6-7-8-10(20)18-12(17)19(9-11(21)22)13(14,15)16/h2-9,14-16H2,1H3,(H,21,22)(H2,17,18,20). The van der Waals surface area contributed by atoms with Crippen LogP contribution in [0.2, 0.25) is 0 Å². The Morgan fingerprint density at radius 2 is 1.68 bits per heavy atom. The van der Waals surface area contributed by atoms with Crippen LogP contribution >= 0.6 is 0 Å². The number of carbonyl (C=O) groups excluding carboxylic acids is 1. The Morgan fingerprint density at radius 1 is 1.14 bits per heavy atom. The van der Waals surface area contributed by atoms with Gasteiger partial charge in [-0.2, -0.15) is 0 Å². The van der Waals surface area contributed by atoms with Crippen LogP contribution in [0.3, 0.4) is 0 Å². The second-order valence-electron chi connectivity index (χ2n) is 6.57. The number of amides is 1. The highest BCUT2D eigenvalue weighted by Gasteiger charge is 2.26. The lowest BCUT2D eigenvalue weighted by atomic mass is 9.48. The first-order valence-corrected chi connectivity index (χ1v) is 8.06. The number of nitrogens with zero attached hydrogens (tertiary/aromatic N) is 1. The van der Waals surface area contributed by atoms with E-state index in [0.29, 0.717) is 6.42 Å². The molecule has 6 nitrogen and oxygen atoms in total. The Morgan fingerprint density at radius 3 is 2.18 bits per heavy atom. The molecule has 0 aliphatic carbocycles. The van der Waals surface area contributed by atoms with E-state index in [1.54, 1.807) is 0 Å². The van der Waals surface area contributed by atoms with Gasteiger partial charge in [-0.05, 0) is 11.7 Å². The first-order valence-electron chi connectivity index (χ1n) is 8.06. The zero-order valence-corrected chi connectivity index (χ0v) is 14.4. The highest BCUT2D eigenvalue weighted by Crippen LogP contribution is 2.07. The maximum absolute atomic E-state index is 11.8. The van der Waals surface area contributed by atoms with Crippen molar-refractivity contribution in [3.8, 4) is 0 Å². The van der Waals surface area contributed by atoms with Crippen LogP contribution in [0.4, 0.5) is 0 Å². The molecule has 0 aliphatic heterocycles. The van der Waals surface area contributed by atoms with Gasteiger partial charge >= 0.3 is 5.97 Å². The summed E-state index contributed by atoms with van der Waals surface area (Å²) in [6, 6.07) is 0. The fourth-order valence-electron chi connectivity index (χ4n) is 2.11. The topological polar surface area (TPSA) is 93.5 Å². The summed E-state index contributed by atoms with van der Waals surface area (Å²) in [6.45, 7) is 1.86. The van der Waals surface area contributed by atoms with E-state index in [1.807, 2.05) is 23.5 Å². The van der Waals surface area contributed by atoms with Gasteiger partial charge in [0.1, 0.15) is 30.1 Å². The number of carbonyl (C=O) groups is 2. The van der Waals surface area contributed by atoms with Crippen molar-refractivity contribution in [3.05, 3.63) is 0 Å². The fraction of sp³-hybridized carbons (Fsp3) is 0.769. The van der Waals surface area contributed by atoms with E-state index in [4.69, 9.17) is 10.5 Å². The quantitative estimate of drug-likeness (QED) is 0.202. The zero-order chi connectivity index (χ0) is 17.2. The van der Waals surface area contributed by atoms with Crippen molar-refractivity contribution < 1.29 is 14.7 Å². The van der Waals surface area contributed by atoms with Crippen LogP contribution in [0, 0.1) is 5.41 Å². The molecule has 0 atom stereocenters. The lowest BCUT2D eigenvalue weighted by molar-refractivity contribution is -0.137. The van der Waals surface area contributed by atoms with Crippen molar-refractivity contribution in [2.75, 3.05) is 6.54 Å². The second kappa shape index (κ2) is 10.4. The lowest BCUT2D eigenvalue weighted by Gasteiger charge is -2.36. The fourth-order valence-corrected chi connectivity index (χ4v) is 2.11. The summed E-state index contributed by atoms with van der Waals surface area (Å²) in [5.74, 6) is -1.39. The van der Waals surface area contributed by atoms with Gasteiger partial charge in [0.05, 0.1) is 0 Å². The predicted octanol–water partition coefficient (Wildman–Crippen LogP) is -1.31. The Bertz CT molecular complexity index is 386. The number of carboxylic acid groups (broad SMARTS) is 1. The van der Waals surface area contributed by atoms with Gasteiger partial charge in [-0.3, -0.25) is 20.3 Å². The van der Waals surface area contributed by atoms with Gasteiger partial charge in [-0.25, -0.2) is 0 Å². The van der Waals surface area contributed by atoms with Crippen molar-refractivity contribution in [1.29, 1.82) is 5.41 Å². The van der Waals surface area contributed by atoms with Gasteiger partial charge in [0, 0.05) is 6.42 Å². The van der Waals surface area contributed by atoms with Crippen LogP contribution in [0.15, 0.2) is 0 Å². The van der Waals surface area contributed by atoms with Crippen LogP contribution in [-0.4, -0.2) is 63.2 Å². The van der Waals surface area contributed by atoms with Gasteiger partial charge in [0.2, 0.25) is 5.91 Å². The number of aliphatic carboxylic acids is 1. The maximum atomic E-state index is 11.8. The highest BCUT2D eigenvalue weighted by molar-refractivity contribution is 6.59. The van der Waals surface area contributed by atoms with Gasteiger partial charge in [0.15, 0.2) is 5.96 Å². The molecule has 0 spiro atoms. The predicted molar refractivity (Wildman–Crippen MR) is 96.6 cm³/mol. The smallest absolute Gasteiger partial charge is 0.323 e. The number of hydrogen-bond donors (Lipinski definition) is 3. The normalized spacial score (nSPS) is 11.0.